The SMILES string of the molecule is Cc1ccc(-c2cnc(C(O)CN)[nH]2)cc1C. The molecule has 0 aliphatic heterocycles. The number of aliphatic hydroxyl groups excluding tert-OH is 1. The number of nitrogens with two attached hydrogens (primary N) is 1. The van der Waals surface area contributed by atoms with Crippen molar-refractivity contribution < 1.29 is 5.11 Å². The molecular formula is C13H17N3O. The van der Waals surface area contributed by atoms with Crippen molar-refractivity contribution in [3.05, 3.63) is 41.3 Å². The number of nitrogens with one attached hydrogen (secondary N) is 1. The topological polar surface area (TPSA) is 74.9 Å². The van der Waals surface area contributed by atoms with E-state index in [0.29, 0.717) is 5.82 Å². The first-order valence-corrected chi connectivity index (χ1v) is 5.62. The van der Waals surface area contributed by atoms with Crippen molar-refractivity contribution in [2.75, 3.05) is 6.54 Å². The molecule has 4 heteroatoms. The Kier molecular flexibility index (Phi) is 3.26. The minimum Gasteiger partial charge on any atom is -0.384 e. The molecule has 0 radical (unpaired) electrons. The van der Waals surface area contributed by atoms with Gasteiger partial charge in [0.1, 0.15) is 11.9 Å². The third-order valence-corrected chi connectivity index (χ3v) is 2.95. The number of hydrogen-bond donors (Lipinski definition) is 3. The molecular weight excluding hydrogens is 214 g/mol. The monoisotopic (exact) mass is 231 g/mol. The molecule has 4 nitrogen and oxygen atoms in total. The summed E-state index contributed by atoms with van der Waals surface area (Å²) in [4.78, 5) is 7.22. The first-order chi connectivity index (χ1) is 8.11. The van der Waals surface area contributed by atoms with Gasteiger partial charge >= 0.3 is 0 Å². The molecule has 4 N–H and O–H groups in total. The number of H-pyrrole nitrogens is 1. The summed E-state index contributed by atoms with van der Waals surface area (Å²) in [6.07, 6.45) is 0.994. The molecule has 1 heterocycles. The van der Waals surface area contributed by atoms with Crippen LogP contribution in [0.5, 0.6) is 0 Å². The molecule has 0 saturated carbocycles. The van der Waals surface area contributed by atoms with Crippen molar-refractivity contribution in [1.82, 2.24) is 9.97 Å². The van der Waals surface area contributed by atoms with Gasteiger partial charge in [-0.05, 0) is 36.6 Å². The standard InChI is InChI=1S/C13H17N3O/c1-8-3-4-10(5-9(8)2)11-7-15-13(16-11)12(17)6-14/h3-5,7,12,17H,6,14H2,1-2H3,(H,15,16). The van der Waals surface area contributed by atoms with E-state index in [1.807, 2.05) is 6.07 Å². The van der Waals surface area contributed by atoms with Crippen LogP contribution in [-0.4, -0.2) is 21.6 Å². The average molecular weight is 231 g/mol. The van der Waals surface area contributed by atoms with Gasteiger partial charge in [0.2, 0.25) is 0 Å². The van der Waals surface area contributed by atoms with Gasteiger partial charge in [-0.25, -0.2) is 4.98 Å². The summed E-state index contributed by atoms with van der Waals surface area (Å²) in [5.74, 6) is 0.515. The first-order valence-electron chi connectivity index (χ1n) is 5.62. The molecule has 0 bridgehead atoms. The lowest BCUT2D eigenvalue weighted by Gasteiger charge is -2.04. The van der Waals surface area contributed by atoms with Gasteiger partial charge in [-0.2, -0.15) is 0 Å². The molecule has 0 aliphatic rings. The van der Waals surface area contributed by atoms with Crippen molar-refractivity contribution in [3.8, 4) is 11.3 Å². The van der Waals surface area contributed by atoms with Crippen LogP contribution < -0.4 is 5.73 Å². The summed E-state index contributed by atoms with van der Waals surface area (Å²) in [7, 11) is 0. The first kappa shape index (κ1) is 11.8. The van der Waals surface area contributed by atoms with Crippen molar-refractivity contribution in [1.29, 1.82) is 0 Å². The van der Waals surface area contributed by atoms with Crippen LogP contribution in [0.1, 0.15) is 23.1 Å². The molecule has 0 saturated heterocycles. The molecule has 2 rings (SSSR count). The van der Waals surface area contributed by atoms with Crippen LogP contribution in [0.25, 0.3) is 11.3 Å². The molecule has 1 unspecified atom stereocenters. The highest BCUT2D eigenvalue weighted by Gasteiger charge is 2.10. The Balaban J connectivity index is 2.33. The van der Waals surface area contributed by atoms with E-state index < -0.39 is 6.10 Å². The number of rotatable bonds is 3. The van der Waals surface area contributed by atoms with Gasteiger partial charge in [-0.3, -0.25) is 0 Å². The molecule has 1 aromatic carbocycles. The number of imidazole rings is 1. The Bertz CT molecular complexity index is 519. The van der Waals surface area contributed by atoms with Crippen molar-refractivity contribution in [2.45, 2.75) is 20.0 Å². The van der Waals surface area contributed by atoms with Gasteiger partial charge in [0.15, 0.2) is 0 Å². The van der Waals surface area contributed by atoms with Crippen LogP contribution in [0, 0.1) is 13.8 Å². The minimum atomic E-state index is -0.727. The molecule has 90 valence electrons. The van der Waals surface area contributed by atoms with E-state index in [1.165, 1.54) is 11.1 Å². The average Bonchev–Trinajstić information content (AvgIpc) is 2.81. The zero-order valence-corrected chi connectivity index (χ0v) is 10.1. The van der Waals surface area contributed by atoms with Gasteiger partial charge in [-0.15, -0.1) is 0 Å². The summed E-state index contributed by atoms with van der Waals surface area (Å²) < 4.78 is 0. The van der Waals surface area contributed by atoms with Gasteiger partial charge in [0.05, 0.1) is 11.9 Å². The van der Waals surface area contributed by atoms with Gasteiger partial charge < -0.3 is 15.8 Å². The number of aliphatic hydroxyl groups is 1. The number of aryl methyl sites for hydroxylation is 2. The van der Waals surface area contributed by atoms with Crippen LogP contribution in [0.4, 0.5) is 0 Å². The van der Waals surface area contributed by atoms with Gasteiger partial charge in [0.25, 0.3) is 0 Å². The second-order valence-electron chi connectivity index (χ2n) is 4.23. The summed E-state index contributed by atoms with van der Waals surface area (Å²) in [5, 5.41) is 9.57. The van der Waals surface area contributed by atoms with E-state index in [0.717, 1.165) is 11.3 Å². The van der Waals surface area contributed by atoms with Crippen molar-refractivity contribution >= 4 is 0 Å². The van der Waals surface area contributed by atoms with Crippen LogP contribution in [-0.2, 0) is 0 Å². The van der Waals surface area contributed by atoms with E-state index in [4.69, 9.17) is 5.73 Å². The molecule has 0 aliphatic carbocycles. The zero-order valence-electron chi connectivity index (χ0n) is 10.1. The third kappa shape index (κ3) is 2.38. The number of benzene rings is 1. The minimum absolute atomic E-state index is 0.167. The number of aromatic nitrogens is 2. The molecule has 1 aromatic heterocycles. The molecule has 1 atom stereocenters. The fourth-order valence-corrected chi connectivity index (χ4v) is 1.67. The highest BCUT2D eigenvalue weighted by molar-refractivity contribution is 5.60. The quantitative estimate of drug-likeness (QED) is 0.752. The summed E-state index contributed by atoms with van der Waals surface area (Å²) >= 11 is 0. The molecule has 2 aromatic rings. The lowest BCUT2D eigenvalue weighted by molar-refractivity contribution is 0.177. The Morgan fingerprint density at radius 1 is 1.35 bits per heavy atom. The number of hydrogen-bond acceptors (Lipinski definition) is 3. The maximum Gasteiger partial charge on any atom is 0.136 e. The predicted molar refractivity (Wildman–Crippen MR) is 67.5 cm³/mol. The Labute approximate surface area is 101 Å². The van der Waals surface area contributed by atoms with E-state index >= 15 is 0 Å². The lowest BCUT2D eigenvalue weighted by atomic mass is 10.1. The maximum atomic E-state index is 9.57. The summed E-state index contributed by atoms with van der Waals surface area (Å²) in [6, 6.07) is 6.21. The lowest BCUT2D eigenvalue weighted by Crippen LogP contribution is -2.12. The fraction of sp³-hybridized carbons (Fsp3) is 0.308. The van der Waals surface area contributed by atoms with Crippen molar-refractivity contribution in [2.24, 2.45) is 5.73 Å². The molecule has 17 heavy (non-hydrogen) atoms. The van der Waals surface area contributed by atoms with E-state index in [2.05, 4.69) is 35.9 Å². The Morgan fingerprint density at radius 2 is 2.12 bits per heavy atom. The van der Waals surface area contributed by atoms with Crippen LogP contribution in [0.3, 0.4) is 0 Å². The van der Waals surface area contributed by atoms with Crippen LogP contribution >= 0.6 is 0 Å². The molecule has 0 fully saturated rings. The highest BCUT2D eigenvalue weighted by atomic mass is 16.3. The third-order valence-electron chi connectivity index (χ3n) is 2.95. The number of nitrogens with zero attached hydrogens (tertiary/aromatic N) is 1. The van der Waals surface area contributed by atoms with Crippen LogP contribution in [0.2, 0.25) is 0 Å². The smallest absolute Gasteiger partial charge is 0.136 e. The summed E-state index contributed by atoms with van der Waals surface area (Å²) in [6.45, 7) is 4.32. The second-order valence-corrected chi connectivity index (χ2v) is 4.23. The Morgan fingerprint density at radius 3 is 2.76 bits per heavy atom. The second kappa shape index (κ2) is 4.69. The molecule has 0 spiro atoms. The normalized spacial score (nSPS) is 12.7. The van der Waals surface area contributed by atoms with Gasteiger partial charge in [-0.1, -0.05) is 12.1 Å². The Hall–Kier alpha value is -1.65. The number of aromatic amines is 1. The van der Waals surface area contributed by atoms with Gasteiger partial charge in [0, 0.05) is 6.54 Å². The maximum absolute atomic E-state index is 9.57. The zero-order chi connectivity index (χ0) is 12.4. The largest absolute Gasteiger partial charge is 0.384 e. The fourth-order valence-electron chi connectivity index (χ4n) is 1.67. The van der Waals surface area contributed by atoms with E-state index in [-0.39, 0.29) is 6.54 Å². The predicted octanol–water partition coefficient (Wildman–Crippen LogP) is 1.69. The molecule has 0 amide bonds. The van der Waals surface area contributed by atoms with Crippen molar-refractivity contribution in [3.63, 3.8) is 0 Å². The summed E-state index contributed by atoms with van der Waals surface area (Å²) in [5.41, 5.74) is 9.84. The van der Waals surface area contributed by atoms with Crippen LogP contribution in [0.15, 0.2) is 24.4 Å². The highest BCUT2D eigenvalue weighted by Crippen LogP contribution is 2.21. The van der Waals surface area contributed by atoms with E-state index in [1.54, 1.807) is 6.20 Å². The van der Waals surface area contributed by atoms with E-state index in [9.17, 15) is 5.11 Å².